The van der Waals surface area contributed by atoms with Gasteiger partial charge in [0.2, 0.25) is 5.92 Å². The van der Waals surface area contributed by atoms with Crippen molar-refractivity contribution < 1.29 is 8.78 Å². The molecule has 0 heterocycles. The highest BCUT2D eigenvalue weighted by Crippen LogP contribution is 2.27. The molecular weight excluding hydrogens is 318 g/mol. The second-order valence-electron chi connectivity index (χ2n) is 8.91. The van der Waals surface area contributed by atoms with E-state index >= 15 is 0 Å². The maximum atomic E-state index is 13.3. The zero-order chi connectivity index (χ0) is 18.3. The first-order valence-electron chi connectivity index (χ1n) is 10.6. The summed E-state index contributed by atoms with van der Waals surface area (Å²) in [4.78, 5) is 0. The van der Waals surface area contributed by atoms with Crippen molar-refractivity contribution in [1.82, 2.24) is 0 Å². The van der Waals surface area contributed by atoms with E-state index in [1.165, 1.54) is 63.8 Å². The Morgan fingerprint density at radius 1 is 0.583 bits per heavy atom. The molecule has 0 aromatic heterocycles. The van der Waals surface area contributed by atoms with E-state index in [0.717, 1.165) is 12.8 Å². The van der Waals surface area contributed by atoms with E-state index in [9.17, 15) is 8.78 Å². The monoisotopic (exact) mass is 362 g/mol. The molecular formula is C21H44F2Si. The summed E-state index contributed by atoms with van der Waals surface area (Å²) in [6.07, 6.45) is 15.8. The van der Waals surface area contributed by atoms with Crippen LogP contribution in [0, 0.1) is 0 Å². The Bertz CT molecular complexity index is 272. The average molecular weight is 363 g/mol. The molecule has 0 aliphatic rings. The molecule has 146 valence electrons. The van der Waals surface area contributed by atoms with Crippen LogP contribution >= 0.6 is 0 Å². The molecule has 0 nitrogen and oxygen atoms in total. The van der Waals surface area contributed by atoms with E-state index in [-0.39, 0.29) is 12.8 Å². The Hall–Kier alpha value is 0.0769. The summed E-state index contributed by atoms with van der Waals surface area (Å²) in [5.74, 6) is -2.41. The average Bonchev–Trinajstić information content (AvgIpc) is 2.46. The molecule has 0 aromatic rings. The summed E-state index contributed by atoms with van der Waals surface area (Å²) >= 11 is 0. The molecule has 24 heavy (non-hydrogen) atoms. The van der Waals surface area contributed by atoms with Gasteiger partial charge in [-0.25, -0.2) is 8.78 Å². The fourth-order valence-electron chi connectivity index (χ4n) is 3.30. The van der Waals surface area contributed by atoms with Gasteiger partial charge in [-0.2, -0.15) is 0 Å². The lowest BCUT2D eigenvalue weighted by molar-refractivity contribution is -0.0190. The first-order valence-corrected chi connectivity index (χ1v) is 14.4. The van der Waals surface area contributed by atoms with Crippen LogP contribution in [-0.4, -0.2) is 14.0 Å². The van der Waals surface area contributed by atoms with Crippen LogP contribution in [0.1, 0.15) is 103 Å². The van der Waals surface area contributed by atoms with Crippen molar-refractivity contribution in [2.24, 2.45) is 0 Å². The Kier molecular flexibility index (Phi) is 14.3. The van der Waals surface area contributed by atoms with Gasteiger partial charge < -0.3 is 0 Å². The van der Waals surface area contributed by atoms with Crippen LogP contribution in [0.4, 0.5) is 8.78 Å². The summed E-state index contributed by atoms with van der Waals surface area (Å²) in [7, 11) is -0.814. The topological polar surface area (TPSA) is 0 Å². The zero-order valence-electron chi connectivity index (χ0n) is 17.1. The minimum Gasteiger partial charge on any atom is -0.207 e. The zero-order valence-corrected chi connectivity index (χ0v) is 18.1. The lowest BCUT2D eigenvalue weighted by Gasteiger charge is -2.14. The fourth-order valence-corrected chi connectivity index (χ4v) is 4.61. The predicted molar refractivity (Wildman–Crippen MR) is 108 cm³/mol. The summed E-state index contributed by atoms with van der Waals surface area (Å²) < 4.78 is 26.6. The third-order valence-electron chi connectivity index (χ3n) is 4.84. The molecule has 0 fully saturated rings. The van der Waals surface area contributed by atoms with Crippen molar-refractivity contribution in [3.05, 3.63) is 0 Å². The molecule has 0 saturated heterocycles. The van der Waals surface area contributed by atoms with Gasteiger partial charge in [-0.05, 0) is 6.42 Å². The van der Waals surface area contributed by atoms with Crippen molar-refractivity contribution >= 4 is 8.07 Å². The van der Waals surface area contributed by atoms with Crippen LogP contribution < -0.4 is 0 Å². The van der Waals surface area contributed by atoms with Crippen LogP contribution in [-0.2, 0) is 0 Å². The molecule has 0 amide bonds. The van der Waals surface area contributed by atoms with Crippen molar-refractivity contribution in [2.45, 2.75) is 135 Å². The van der Waals surface area contributed by atoms with Gasteiger partial charge in [0.1, 0.15) is 0 Å². The SMILES string of the molecule is CCCC(F)(F)CCCCCCCCCCCCCC[Si](C)(C)C. The quantitative estimate of drug-likeness (QED) is 0.179. The van der Waals surface area contributed by atoms with E-state index in [2.05, 4.69) is 19.6 Å². The van der Waals surface area contributed by atoms with Crippen molar-refractivity contribution in [2.75, 3.05) is 0 Å². The highest BCUT2D eigenvalue weighted by molar-refractivity contribution is 6.76. The van der Waals surface area contributed by atoms with E-state index in [1.807, 2.05) is 6.92 Å². The highest BCUT2D eigenvalue weighted by Gasteiger charge is 2.26. The predicted octanol–water partition coefficient (Wildman–Crippen LogP) is 8.83. The van der Waals surface area contributed by atoms with Crippen LogP contribution in [0.25, 0.3) is 0 Å². The highest BCUT2D eigenvalue weighted by atomic mass is 28.3. The summed E-state index contributed by atoms with van der Waals surface area (Å²) in [6, 6.07) is 1.48. The maximum Gasteiger partial charge on any atom is 0.248 e. The first-order chi connectivity index (χ1) is 11.3. The second kappa shape index (κ2) is 14.3. The van der Waals surface area contributed by atoms with Crippen LogP contribution in [0.2, 0.25) is 25.7 Å². The first kappa shape index (κ1) is 24.1. The third kappa shape index (κ3) is 18.4. The smallest absolute Gasteiger partial charge is 0.207 e. The number of alkyl halides is 2. The Morgan fingerprint density at radius 2 is 0.958 bits per heavy atom. The van der Waals surface area contributed by atoms with Crippen LogP contribution in [0.5, 0.6) is 0 Å². The number of hydrogen-bond acceptors (Lipinski definition) is 0. The van der Waals surface area contributed by atoms with Gasteiger partial charge in [-0.15, -0.1) is 0 Å². The molecule has 0 aliphatic carbocycles. The van der Waals surface area contributed by atoms with Crippen molar-refractivity contribution in [1.29, 1.82) is 0 Å². The van der Waals surface area contributed by atoms with Gasteiger partial charge in [0.05, 0.1) is 0 Å². The van der Waals surface area contributed by atoms with Gasteiger partial charge in [-0.1, -0.05) is 110 Å². The molecule has 0 aliphatic heterocycles. The van der Waals surface area contributed by atoms with Gasteiger partial charge in [0, 0.05) is 20.9 Å². The Balaban J connectivity index is 3.18. The molecule has 3 heteroatoms. The molecule has 0 bridgehead atoms. The molecule has 0 N–H and O–H groups in total. The number of hydrogen-bond donors (Lipinski definition) is 0. The van der Waals surface area contributed by atoms with Gasteiger partial charge in [0.15, 0.2) is 0 Å². The fraction of sp³-hybridized carbons (Fsp3) is 1.00. The molecule has 0 aromatic carbocycles. The lowest BCUT2D eigenvalue weighted by atomic mass is 10.0. The molecule has 0 rings (SSSR count). The second-order valence-corrected chi connectivity index (χ2v) is 14.5. The van der Waals surface area contributed by atoms with Crippen LogP contribution in [0.15, 0.2) is 0 Å². The Labute approximate surface area is 152 Å². The minimum atomic E-state index is -2.41. The van der Waals surface area contributed by atoms with Crippen molar-refractivity contribution in [3.63, 3.8) is 0 Å². The minimum absolute atomic E-state index is 0.0607. The molecule has 0 saturated carbocycles. The summed E-state index contributed by atoms with van der Waals surface area (Å²) in [6.45, 7) is 9.22. The van der Waals surface area contributed by atoms with E-state index < -0.39 is 14.0 Å². The third-order valence-corrected chi connectivity index (χ3v) is 6.69. The van der Waals surface area contributed by atoms with Gasteiger partial charge >= 0.3 is 0 Å². The molecule has 0 unspecified atom stereocenters. The number of halogens is 2. The van der Waals surface area contributed by atoms with Gasteiger partial charge in [0.25, 0.3) is 0 Å². The standard InChI is InChI=1S/C21H44F2Si/c1-5-18-21(22,23)19-16-14-12-10-8-6-7-9-11-13-15-17-20-24(2,3)4/h5-20H2,1-4H3. The maximum absolute atomic E-state index is 13.3. The molecule has 0 spiro atoms. The summed E-state index contributed by atoms with van der Waals surface area (Å²) in [5, 5.41) is 0. The normalized spacial score (nSPS) is 12.8. The van der Waals surface area contributed by atoms with E-state index in [1.54, 1.807) is 0 Å². The van der Waals surface area contributed by atoms with Crippen LogP contribution in [0.3, 0.4) is 0 Å². The summed E-state index contributed by atoms with van der Waals surface area (Å²) in [5.41, 5.74) is 0. The number of rotatable bonds is 17. The van der Waals surface area contributed by atoms with E-state index in [4.69, 9.17) is 0 Å². The molecule has 0 atom stereocenters. The van der Waals surface area contributed by atoms with Gasteiger partial charge in [-0.3, -0.25) is 0 Å². The molecule has 0 radical (unpaired) electrons. The lowest BCUT2D eigenvalue weighted by Crippen LogP contribution is -2.18. The number of unbranched alkanes of at least 4 members (excludes halogenated alkanes) is 11. The largest absolute Gasteiger partial charge is 0.248 e. The van der Waals surface area contributed by atoms with Crippen molar-refractivity contribution in [3.8, 4) is 0 Å². The Morgan fingerprint density at radius 3 is 1.33 bits per heavy atom. The van der Waals surface area contributed by atoms with E-state index in [0.29, 0.717) is 12.8 Å².